The van der Waals surface area contributed by atoms with Crippen LogP contribution in [0, 0.1) is 0 Å². The van der Waals surface area contributed by atoms with Crippen molar-refractivity contribution in [1.29, 1.82) is 0 Å². The molecule has 19 heavy (non-hydrogen) atoms. The van der Waals surface area contributed by atoms with Gasteiger partial charge in [-0.1, -0.05) is 23.5 Å². The van der Waals surface area contributed by atoms with Crippen molar-refractivity contribution in [3.05, 3.63) is 41.1 Å². The summed E-state index contributed by atoms with van der Waals surface area (Å²) in [4.78, 5) is 5.50. The summed E-state index contributed by atoms with van der Waals surface area (Å²) < 4.78 is 5.42. The number of hydrogen-bond donors (Lipinski definition) is 1. The molecule has 96 valence electrons. The molecule has 2 heterocycles. The van der Waals surface area contributed by atoms with Crippen LogP contribution < -0.4 is 10.5 Å². The van der Waals surface area contributed by atoms with Gasteiger partial charge in [0.15, 0.2) is 5.13 Å². The van der Waals surface area contributed by atoms with E-state index in [1.165, 1.54) is 11.3 Å². The van der Waals surface area contributed by atoms with Crippen molar-refractivity contribution in [3.8, 4) is 27.4 Å². The zero-order chi connectivity index (χ0) is 13.2. The molecular formula is C14H12N2OS2. The van der Waals surface area contributed by atoms with E-state index in [4.69, 9.17) is 10.5 Å². The second-order valence-corrected chi connectivity index (χ2v) is 5.75. The van der Waals surface area contributed by atoms with Crippen LogP contribution in [0.5, 0.6) is 5.75 Å². The van der Waals surface area contributed by atoms with Crippen molar-refractivity contribution in [2.45, 2.75) is 0 Å². The Kier molecular flexibility index (Phi) is 3.23. The lowest BCUT2D eigenvalue weighted by atomic mass is 10.1. The smallest absolute Gasteiger partial charge is 0.181 e. The molecule has 3 aromatic rings. The van der Waals surface area contributed by atoms with E-state index in [2.05, 4.69) is 16.4 Å². The van der Waals surface area contributed by atoms with Gasteiger partial charge in [0.1, 0.15) is 5.75 Å². The van der Waals surface area contributed by atoms with Crippen molar-refractivity contribution < 1.29 is 4.74 Å². The lowest BCUT2D eigenvalue weighted by Crippen LogP contribution is -1.87. The van der Waals surface area contributed by atoms with Crippen LogP contribution in [0.4, 0.5) is 5.13 Å². The maximum atomic E-state index is 5.88. The largest absolute Gasteiger partial charge is 0.496 e. The Morgan fingerprint density at radius 2 is 2.05 bits per heavy atom. The van der Waals surface area contributed by atoms with E-state index < -0.39 is 0 Å². The molecule has 0 bridgehead atoms. The monoisotopic (exact) mass is 288 g/mol. The van der Waals surface area contributed by atoms with E-state index in [9.17, 15) is 0 Å². The van der Waals surface area contributed by atoms with Crippen molar-refractivity contribution in [1.82, 2.24) is 4.98 Å². The molecule has 3 rings (SSSR count). The molecule has 0 spiro atoms. The Balaban J connectivity index is 2.20. The maximum Gasteiger partial charge on any atom is 0.181 e. The van der Waals surface area contributed by atoms with Gasteiger partial charge >= 0.3 is 0 Å². The maximum absolute atomic E-state index is 5.88. The highest BCUT2D eigenvalue weighted by atomic mass is 32.1. The number of methoxy groups -OCH3 is 1. The summed E-state index contributed by atoms with van der Waals surface area (Å²) in [5.74, 6) is 0.836. The normalized spacial score (nSPS) is 10.6. The first-order valence-electron chi connectivity index (χ1n) is 5.72. The molecule has 0 radical (unpaired) electrons. The van der Waals surface area contributed by atoms with Crippen molar-refractivity contribution in [2.24, 2.45) is 0 Å². The number of benzene rings is 1. The molecule has 2 aromatic heterocycles. The molecule has 0 aliphatic rings. The van der Waals surface area contributed by atoms with Crippen LogP contribution in [0.2, 0.25) is 0 Å². The number of anilines is 1. The first-order chi connectivity index (χ1) is 9.29. The van der Waals surface area contributed by atoms with Crippen LogP contribution in [0.15, 0.2) is 41.1 Å². The van der Waals surface area contributed by atoms with Gasteiger partial charge in [-0.3, -0.25) is 0 Å². The summed E-state index contributed by atoms with van der Waals surface area (Å²) in [7, 11) is 1.67. The number of thiophene rings is 1. The summed E-state index contributed by atoms with van der Waals surface area (Å²) >= 11 is 3.14. The molecule has 0 atom stereocenters. The number of para-hydroxylation sites is 1. The molecule has 5 heteroatoms. The number of rotatable bonds is 3. The fourth-order valence-corrected chi connectivity index (χ4v) is 3.47. The average Bonchev–Trinajstić information content (AvgIpc) is 3.07. The number of nitrogen functional groups attached to an aromatic ring is 1. The first kappa shape index (κ1) is 12.2. The van der Waals surface area contributed by atoms with Gasteiger partial charge in [-0.15, -0.1) is 0 Å². The van der Waals surface area contributed by atoms with E-state index in [1.54, 1.807) is 18.4 Å². The fourth-order valence-electron chi connectivity index (χ4n) is 1.95. The van der Waals surface area contributed by atoms with Crippen LogP contribution in [-0.4, -0.2) is 12.1 Å². The Labute approximate surface area is 119 Å². The predicted octanol–water partition coefficient (Wildman–Crippen LogP) is 4.13. The highest BCUT2D eigenvalue weighted by molar-refractivity contribution is 7.19. The van der Waals surface area contributed by atoms with Crippen LogP contribution in [0.25, 0.3) is 21.7 Å². The Hall–Kier alpha value is -1.85. The third-order valence-corrected chi connectivity index (χ3v) is 4.39. The minimum Gasteiger partial charge on any atom is -0.496 e. The lowest BCUT2D eigenvalue weighted by Gasteiger charge is -2.07. The van der Waals surface area contributed by atoms with Gasteiger partial charge in [0, 0.05) is 16.5 Å². The summed E-state index contributed by atoms with van der Waals surface area (Å²) in [6.45, 7) is 0. The minimum absolute atomic E-state index is 0.571. The first-order valence-corrected chi connectivity index (χ1v) is 7.48. The van der Waals surface area contributed by atoms with Crippen LogP contribution >= 0.6 is 22.7 Å². The summed E-state index contributed by atoms with van der Waals surface area (Å²) in [5.41, 5.74) is 8.93. The van der Waals surface area contributed by atoms with Gasteiger partial charge in [0.05, 0.1) is 17.7 Å². The topological polar surface area (TPSA) is 48.1 Å². The molecule has 3 nitrogen and oxygen atoms in total. The van der Waals surface area contributed by atoms with E-state index >= 15 is 0 Å². The van der Waals surface area contributed by atoms with Crippen LogP contribution in [-0.2, 0) is 0 Å². The van der Waals surface area contributed by atoms with Crippen LogP contribution in [0.1, 0.15) is 0 Å². The zero-order valence-electron chi connectivity index (χ0n) is 10.3. The molecular weight excluding hydrogens is 276 g/mol. The van der Waals surface area contributed by atoms with E-state index in [0.717, 1.165) is 27.4 Å². The molecule has 0 aliphatic heterocycles. The Morgan fingerprint density at radius 1 is 1.21 bits per heavy atom. The minimum atomic E-state index is 0.571. The number of thiazole rings is 1. The van der Waals surface area contributed by atoms with E-state index in [1.807, 2.05) is 29.6 Å². The van der Waals surface area contributed by atoms with Gasteiger partial charge < -0.3 is 10.5 Å². The van der Waals surface area contributed by atoms with Gasteiger partial charge in [0.2, 0.25) is 0 Å². The lowest BCUT2D eigenvalue weighted by molar-refractivity contribution is 0.416. The number of nitrogens with zero attached hydrogens (tertiary/aromatic N) is 1. The third kappa shape index (κ3) is 2.22. The Morgan fingerprint density at radius 3 is 2.79 bits per heavy atom. The van der Waals surface area contributed by atoms with Gasteiger partial charge in [0.25, 0.3) is 0 Å². The number of nitrogens with two attached hydrogens (primary N) is 1. The molecule has 2 N–H and O–H groups in total. The molecule has 0 fully saturated rings. The number of hydrogen-bond acceptors (Lipinski definition) is 5. The molecule has 1 aromatic carbocycles. The van der Waals surface area contributed by atoms with Crippen molar-refractivity contribution in [3.63, 3.8) is 0 Å². The quantitative estimate of drug-likeness (QED) is 0.788. The second-order valence-electron chi connectivity index (χ2n) is 3.94. The highest BCUT2D eigenvalue weighted by Gasteiger charge is 2.16. The fraction of sp³-hybridized carbons (Fsp3) is 0.0714. The third-order valence-electron chi connectivity index (χ3n) is 2.79. The van der Waals surface area contributed by atoms with Gasteiger partial charge in [-0.05, 0) is 23.6 Å². The zero-order valence-corrected chi connectivity index (χ0v) is 11.9. The summed E-state index contributed by atoms with van der Waals surface area (Å²) in [6.07, 6.45) is 0. The SMILES string of the molecule is COc1ccccc1-c1sc(N)nc1-c1ccsc1. The summed E-state index contributed by atoms with van der Waals surface area (Å²) in [6, 6.07) is 9.98. The molecule has 0 unspecified atom stereocenters. The van der Waals surface area contributed by atoms with Gasteiger partial charge in [-0.25, -0.2) is 4.98 Å². The van der Waals surface area contributed by atoms with E-state index in [-0.39, 0.29) is 0 Å². The molecule has 0 aliphatic carbocycles. The summed E-state index contributed by atoms with van der Waals surface area (Å²) in [5, 5.41) is 4.69. The molecule has 0 amide bonds. The van der Waals surface area contributed by atoms with Crippen molar-refractivity contribution >= 4 is 27.8 Å². The number of aromatic nitrogens is 1. The van der Waals surface area contributed by atoms with Crippen LogP contribution in [0.3, 0.4) is 0 Å². The average molecular weight is 288 g/mol. The Bertz CT molecular complexity index is 689. The molecule has 0 saturated carbocycles. The van der Waals surface area contributed by atoms with Gasteiger partial charge in [-0.2, -0.15) is 11.3 Å². The predicted molar refractivity (Wildman–Crippen MR) is 81.8 cm³/mol. The van der Waals surface area contributed by atoms with Crippen molar-refractivity contribution in [2.75, 3.05) is 12.8 Å². The number of ether oxygens (including phenoxy) is 1. The standard InChI is InChI=1S/C14H12N2OS2/c1-17-11-5-3-2-4-10(11)13-12(16-14(15)19-13)9-6-7-18-8-9/h2-8H,1H3,(H2,15,16). The second kappa shape index (κ2) is 5.03. The highest BCUT2D eigenvalue weighted by Crippen LogP contribution is 2.42. The molecule has 0 saturated heterocycles. The van der Waals surface area contributed by atoms with E-state index in [0.29, 0.717) is 5.13 Å².